The summed E-state index contributed by atoms with van der Waals surface area (Å²) in [6.07, 6.45) is 0.306. The van der Waals surface area contributed by atoms with Crippen LogP contribution in [-0.2, 0) is 20.8 Å². The molecule has 0 aromatic carbocycles. The number of carbonyl (C=O) groups excluding carboxylic acids is 2. The molecular weight excluding hydrogens is 298 g/mol. The Balaban J connectivity index is 3.11. The van der Waals surface area contributed by atoms with Gasteiger partial charge >= 0.3 is 18.0 Å². The molecule has 1 amide bonds. The third-order valence-corrected chi connectivity index (χ3v) is 2.18. The number of rotatable bonds is 5. The molecule has 1 aromatic heterocycles. The summed E-state index contributed by atoms with van der Waals surface area (Å²) in [6, 6.07) is 0. The van der Waals surface area contributed by atoms with Gasteiger partial charge in [-0.3, -0.25) is 14.8 Å². The first-order valence-electron chi connectivity index (χ1n) is 6.02. The number of ether oxygens (including phenoxy) is 2. The van der Waals surface area contributed by atoms with Crippen molar-refractivity contribution in [3.8, 4) is 0 Å². The van der Waals surface area contributed by atoms with Crippen LogP contribution in [0.15, 0.2) is 11.2 Å². The minimum atomic E-state index is -1.16. The van der Waals surface area contributed by atoms with E-state index in [1.165, 1.54) is 0 Å². The lowest BCUT2D eigenvalue weighted by Crippen LogP contribution is -2.36. The summed E-state index contributed by atoms with van der Waals surface area (Å²) in [4.78, 5) is 37.2. The van der Waals surface area contributed by atoms with Crippen LogP contribution >= 0.6 is 0 Å². The zero-order valence-corrected chi connectivity index (χ0v) is 11.9. The van der Waals surface area contributed by atoms with E-state index in [1.807, 2.05) is 0 Å². The molecule has 0 aliphatic carbocycles. The Labute approximate surface area is 124 Å². The van der Waals surface area contributed by atoms with Gasteiger partial charge in [-0.05, 0) is 6.92 Å². The fraction of sp³-hybridized carbons (Fsp3) is 0.364. The van der Waals surface area contributed by atoms with Crippen molar-refractivity contribution in [3.05, 3.63) is 11.8 Å². The van der Waals surface area contributed by atoms with Crippen molar-refractivity contribution in [2.24, 2.45) is 10.7 Å². The third kappa shape index (κ3) is 4.77. The molecule has 0 aliphatic rings. The Morgan fingerprint density at radius 2 is 2.18 bits per heavy atom. The van der Waals surface area contributed by atoms with Crippen molar-refractivity contribution >= 4 is 29.8 Å². The van der Waals surface area contributed by atoms with Gasteiger partial charge in [0, 0.05) is 6.20 Å². The van der Waals surface area contributed by atoms with E-state index in [-0.39, 0.29) is 23.9 Å². The van der Waals surface area contributed by atoms with Gasteiger partial charge in [0.15, 0.2) is 5.82 Å². The molecule has 0 unspecified atom stereocenters. The molecule has 0 aliphatic heterocycles. The number of alkyl carbamates (subject to hydrolysis) is 1. The number of esters is 1. The van der Waals surface area contributed by atoms with Crippen molar-refractivity contribution in [2.75, 3.05) is 13.7 Å². The number of nitrogens with two attached hydrogens (primary N) is 1. The number of amides is 1. The summed E-state index contributed by atoms with van der Waals surface area (Å²) in [5.41, 5.74) is 5.37. The van der Waals surface area contributed by atoms with Crippen LogP contribution in [-0.4, -0.2) is 52.6 Å². The smallest absolute Gasteiger partial charge is 0.413 e. The highest BCUT2D eigenvalue weighted by Gasteiger charge is 2.19. The molecule has 0 fully saturated rings. The minimum absolute atomic E-state index is 0.0854. The number of methoxy groups -OCH3 is 1. The monoisotopic (exact) mass is 313 g/mol. The number of guanidine groups is 1. The van der Waals surface area contributed by atoms with E-state index in [4.69, 9.17) is 15.6 Å². The summed E-state index contributed by atoms with van der Waals surface area (Å²) in [5.74, 6) is -2.47. The molecule has 0 atom stereocenters. The predicted octanol–water partition coefficient (Wildman–Crippen LogP) is -0.553. The van der Waals surface area contributed by atoms with Crippen molar-refractivity contribution in [2.45, 2.75) is 13.5 Å². The van der Waals surface area contributed by atoms with Gasteiger partial charge in [-0.15, -0.1) is 0 Å². The van der Waals surface area contributed by atoms with Gasteiger partial charge in [0.05, 0.1) is 13.7 Å². The average molecular weight is 313 g/mol. The largest absolute Gasteiger partial charge is 0.480 e. The second-order valence-corrected chi connectivity index (χ2v) is 3.79. The number of carboxylic acids is 1. The van der Waals surface area contributed by atoms with Gasteiger partial charge in [0.25, 0.3) is 0 Å². The zero-order chi connectivity index (χ0) is 16.7. The Morgan fingerprint density at radius 3 is 2.73 bits per heavy atom. The number of nitrogens with one attached hydrogen (secondary N) is 1. The van der Waals surface area contributed by atoms with Gasteiger partial charge in [-0.1, -0.05) is 0 Å². The molecule has 0 bridgehead atoms. The second-order valence-electron chi connectivity index (χ2n) is 3.79. The lowest BCUT2D eigenvalue weighted by Gasteiger charge is -2.02. The molecule has 11 nitrogen and oxygen atoms in total. The maximum atomic E-state index is 11.8. The van der Waals surface area contributed by atoms with Crippen molar-refractivity contribution in [1.29, 1.82) is 0 Å². The van der Waals surface area contributed by atoms with Gasteiger partial charge in [-0.25, -0.2) is 9.59 Å². The highest BCUT2D eigenvalue weighted by molar-refractivity contribution is 5.98. The van der Waals surface area contributed by atoms with E-state index in [1.54, 1.807) is 6.92 Å². The highest BCUT2D eigenvalue weighted by atomic mass is 16.5. The molecule has 0 saturated heterocycles. The van der Waals surface area contributed by atoms with E-state index in [2.05, 4.69) is 20.1 Å². The average Bonchev–Trinajstić information content (AvgIpc) is 2.80. The number of hydrogen-bond donors (Lipinski definition) is 3. The minimum Gasteiger partial charge on any atom is -0.480 e. The van der Waals surface area contributed by atoms with Crippen LogP contribution in [0.25, 0.3) is 0 Å². The fourth-order valence-corrected chi connectivity index (χ4v) is 1.36. The van der Waals surface area contributed by atoms with Crippen LogP contribution in [0.5, 0.6) is 0 Å². The SMILES string of the molecule is CCOC(=O)c1cn(CC(=O)O)nc1N=C(N)NC(=O)OC. The van der Waals surface area contributed by atoms with Gasteiger partial charge in [0.2, 0.25) is 5.96 Å². The summed E-state index contributed by atoms with van der Waals surface area (Å²) >= 11 is 0. The summed E-state index contributed by atoms with van der Waals surface area (Å²) in [5, 5.41) is 14.6. The van der Waals surface area contributed by atoms with Crippen LogP contribution in [0.4, 0.5) is 10.6 Å². The summed E-state index contributed by atoms with van der Waals surface area (Å²) < 4.78 is 10.1. The van der Waals surface area contributed by atoms with Crippen molar-refractivity contribution in [1.82, 2.24) is 15.1 Å². The third-order valence-electron chi connectivity index (χ3n) is 2.18. The number of aromatic nitrogens is 2. The Kier molecular flexibility index (Phi) is 5.86. The van der Waals surface area contributed by atoms with E-state index in [9.17, 15) is 14.4 Å². The Hall–Kier alpha value is -3.11. The van der Waals surface area contributed by atoms with Crippen molar-refractivity contribution < 1.29 is 29.0 Å². The van der Waals surface area contributed by atoms with Crippen LogP contribution in [0, 0.1) is 0 Å². The number of aliphatic imine (C=N–C) groups is 1. The zero-order valence-electron chi connectivity index (χ0n) is 11.9. The molecule has 0 radical (unpaired) electrons. The predicted molar refractivity (Wildman–Crippen MR) is 72.6 cm³/mol. The van der Waals surface area contributed by atoms with Crippen LogP contribution in [0.3, 0.4) is 0 Å². The number of aliphatic carboxylic acids is 1. The van der Waals surface area contributed by atoms with Crippen LogP contribution in [0.2, 0.25) is 0 Å². The Morgan fingerprint density at radius 1 is 1.50 bits per heavy atom. The highest BCUT2D eigenvalue weighted by Crippen LogP contribution is 2.17. The molecule has 0 saturated carbocycles. The first kappa shape index (κ1) is 16.9. The topological polar surface area (TPSA) is 158 Å². The molecule has 1 heterocycles. The van der Waals surface area contributed by atoms with Crippen LogP contribution < -0.4 is 11.1 Å². The lowest BCUT2D eigenvalue weighted by molar-refractivity contribution is -0.137. The van der Waals surface area contributed by atoms with Gasteiger partial charge < -0.3 is 20.3 Å². The van der Waals surface area contributed by atoms with E-state index in [0.29, 0.717) is 0 Å². The molecule has 22 heavy (non-hydrogen) atoms. The normalized spacial score (nSPS) is 10.9. The second kappa shape index (κ2) is 7.61. The molecule has 120 valence electrons. The number of carbonyl (C=O) groups is 3. The molecular formula is C11H15N5O6. The van der Waals surface area contributed by atoms with E-state index in [0.717, 1.165) is 18.0 Å². The molecule has 1 aromatic rings. The first-order valence-corrected chi connectivity index (χ1v) is 6.02. The number of hydrogen-bond acceptors (Lipinski definition) is 7. The Bertz CT molecular complexity index is 608. The first-order chi connectivity index (χ1) is 10.4. The fourth-order valence-electron chi connectivity index (χ4n) is 1.36. The molecule has 4 N–H and O–H groups in total. The van der Waals surface area contributed by atoms with Crippen LogP contribution in [0.1, 0.15) is 17.3 Å². The molecule has 11 heteroatoms. The van der Waals surface area contributed by atoms with Gasteiger partial charge in [-0.2, -0.15) is 10.1 Å². The lowest BCUT2D eigenvalue weighted by atomic mass is 10.3. The number of carboxylic acid groups (broad SMARTS) is 1. The van der Waals surface area contributed by atoms with E-state index < -0.39 is 24.6 Å². The molecule has 0 spiro atoms. The van der Waals surface area contributed by atoms with Crippen molar-refractivity contribution in [3.63, 3.8) is 0 Å². The van der Waals surface area contributed by atoms with Gasteiger partial charge in [0.1, 0.15) is 12.1 Å². The summed E-state index contributed by atoms with van der Waals surface area (Å²) in [7, 11) is 1.13. The summed E-state index contributed by atoms with van der Waals surface area (Å²) in [6.45, 7) is 1.24. The van der Waals surface area contributed by atoms with E-state index >= 15 is 0 Å². The maximum absolute atomic E-state index is 11.8. The standard InChI is InChI=1S/C11H15N5O6/c1-3-22-9(19)6-4-16(5-7(17)18)15-8(6)13-10(12)14-11(20)21-2/h4H,3,5H2,1-2H3,(H,17,18)(H3,12,13,14,15,20). The molecule has 1 rings (SSSR count). The quantitative estimate of drug-likeness (QED) is 0.371. The number of nitrogens with zero attached hydrogens (tertiary/aromatic N) is 3. The maximum Gasteiger partial charge on any atom is 0.413 e.